The predicted molar refractivity (Wildman–Crippen MR) is 129 cm³/mol. The molecule has 0 aliphatic rings. The molecular weight excluding hydrogens is 440 g/mol. The molecule has 0 aliphatic carbocycles. The van der Waals surface area contributed by atoms with Crippen LogP contribution < -0.4 is 5.32 Å². The van der Waals surface area contributed by atoms with E-state index in [1.54, 1.807) is 19.2 Å². The number of amides is 1. The molecule has 0 aliphatic heterocycles. The van der Waals surface area contributed by atoms with E-state index in [-0.39, 0.29) is 6.61 Å². The molecule has 172 valence electrons. The highest BCUT2D eigenvalue weighted by Crippen LogP contribution is 2.31. The van der Waals surface area contributed by atoms with Crippen molar-refractivity contribution in [3.63, 3.8) is 0 Å². The molecule has 0 atom stereocenters. The Balaban J connectivity index is 1.62. The van der Waals surface area contributed by atoms with Crippen molar-refractivity contribution in [3.8, 4) is 0 Å². The first-order valence-corrected chi connectivity index (χ1v) is 11.5. The van der Waals surface area contributed by atoms with E-state index < -0.39 is 24.5 Å². The molecule has 1 amide bonds. The number of ether oxygens (including phenoxy) is 2. The zero-order valence-corrected chi connectivity index (χ0v) is 19.6. The van der Waals surface area contributed by atoms with Gasteiger partial charge >= 0.3 is 11.9 Å². The number of rotatable bonds is 9. The molecule has 3 aromatic rings. The number of esters is 2. The molecule has 0 saturated heterocycles. The maximum Gasteiger partial charge on any atom is 0.341 e. The van der Waals surface area contributed by atoms with Crippen molar-refractivity contribution in [2.45, 2.75) is 27.2 Å². The average molecular weight is 467 g/mol. The number of hydrogen-bond donors (Lipinski definition) is 1. The van der Waals surface area contributed by atoms with Crippen molar-refractivity contribution < 1.29 is 23.9 Å². The highest BCUT2D eigenvalue weighted by Gasteiger charge is 2.22. The third-order valence-electron chi connectivity index (χ3n) is 4.64. The van der Waals surface area contributed by atoms with Gasteiger partial charge in [-0.3, -0.25) is 9.78 Å². The highest BCUT2D eigenvalue weighted by molar-refractivity contribution is 7.15. The zero-order valence-electron chi connectivity index (χ0n) is 18.8. The van der Waals surface area contributed by atoms with E-state index in [0.717, 1.165) is 22.0 Å². The van der Waals surface area contributed by atoms with Gasteiger partial charge in [0, 0.05) is 23.2 Å². The molecule has 7 nitrogen and oxygen atoms in total. The number of anilines is 1. The maximum absolute atomic E-state index is 12.4. The molecule has 3 rings (SSSR count). The number of para-hydroxylation sites is 1. The predicted octanol–water partition coefficient (Wildman–Crippen LogP) is 4.87. The first-order chi connectivity index (χ1) is 15.9. The second-order valence-corrected chi connectivity index (χ2v) is 8.57. The molecule has 0 bridgehead atoms. The molecule has 0 spiro atoms. The average Bonchev–Trinajstić information content (AvgIpc) is 3.17. The van der Waals surface area contributed by atoms with Gasteiger partial charge in [-0.15, -0.1) is 11.3 Å². The SMILES string of the molecule is CCOC(=O)c1c(CC(C)C)csc1NC(=O)COC(=O)/C=C/c1cccc2cccnc12. The van der Waals surface area contributed by atoms with E-state index in [1.165, 1.54) is 17.4 Å². The first kappa shape index (κ1) is 24.1. The number of nitrogens with one attached hydrogen (secondary N) is 1. The Kier molecular flexibility index (Phi) is 8.32. The monoisotopic (exact) mass is 466 g/mol. The molecule has 8 heteroatoms. The lowest BCUT2D eigenvalue weighted by atomic mass is 10.0. The van der Waals surface area contributed by atoms with Crippen LogP contribution >= 0.6 is 11.3 Å². The van der Waals surface area contributed by atoms with Gasteiger partial charge in [-0.25, -0.2) is 9.59 Å². The second kappa shape index (κ2) is 11.4. The molecule has 1 N–H and O–H groups in total. The minimum atomic E-state index is -0.657. The molecule has 33 heavy (non-hydrogen) atoms. The fourth-order valence-electron chi connectivity index (χ4n) is 3.27. The standard InChI is InChI=1S/C25H26N2O5S/c1-4-31-25(30)22-19(13-16(2)3)15-33-24(22)27-20(28)14-32-21(29)11-10-18-8-5-7-17-9-6-12-26-23(17)18/h5-12,15-16H,4,13-14H2,1-3H3,(H,27,28)/b11-10+. The van der Waals surface area contributed by atoms with Gasteiger partial charge in [0.2, 0.25) is 0 Å². The second-order valence-electron chi connectivity index (χ2n) is 7.70. The van der Waals surface area contributed by atoms with Crippen molar-refractivity contribution >= 4 is 51.2 Å². The number of nitrogens with zero attached hydrogens (tertiary/aromatic N) is 1. The lowest BCUT2D eigenvalue weighted by Crippen LogP contribution is -2.21. The number of thiophene rings is 1. The van der Waals surface area contributed by atoms with Crippen molar-refractivity contribution in [2.75, 3.05) is 18.5 Å². The highest BCUT2D eigenvalue weighted by atomic mass is 32.1. The summed E-state index contributed by atoms with van der Waals surface area (Å²) in [4.78, 5) is 41.2. The Morgan fingerprint density at radius 1 is 1.15 bits per heavy atom. The zero-order chi connectivity index (χ0) is 23.8. The topological polar surface area (TPSA) is 94.6 Å². The lowest BCUT2D eigenvalue weighted by Gasteiger charge is -2.10. The minimum Gasteiger partial charge on any atom is -0.462 e. The van der Waals surface area contributed by atoms with Crippen LogP contribution in [0.4, 0.5) is 5.00 Å². The minimum absolute atomic E-state index is 0.235. The van der Waals surface area contributed by atoms with Crippen molar-refractivity contribution in [3.05, 3.63) is 64.7 Å². The van der Waals surface area contributed by atoms with E-state index in [9.17, 15) is 14.4 Å². The summed E-state index contributed by atoms with van der Waals surface area (Å²) in [5, 5.41) is 5.85. The molecule has 1 aromatic carbocycles. The van der Waals surface area contributed by atoms with E-state index >= 15 is 0 Å². The summed E-state index contributed by atoms with van der Waals surface area (Å²) in [5.74, 6) is -1.34. The fourth-order valence-corrected chi connectivity index (χ4v) is 4.25. The molecule has 0 unspecified atom stereocenters. The van der Waals surface area contributed by atoms with Gasteiger partial charge < -0.3 is 14.8 Å². The summed E-state index contributed by atoms with van der Waals surface area (Å²) in [5.41, 5.74) is 2.72. The molecule has 2 aromatic heterocycles. The number of carbonyl (C=O) groups is 3. The van der Waals surface area contributed by atoms with E-state index in [2.05, 4.69) is 10.3 Å². The number of benzene rings is 1. The third-order valence-corrected chi connectivity index (χ3v) is 5.58. The molecule has 0 radical (unpaired) electrons. The van der Waals surface area contributed by atoms with Crippen LogP contribution in [0.2, 0.25) is 0 Å². The van der Waals surface area contributed by atoms with Gasteiger partial charge in [0.05, 0.1) is 17.7 Å². The Labute approximate surface area is 196 Å². The van der Waals surface area contributed by atoms with Gasteiger partial charge in [-0.05, 0) is 42.3 Å². The van der Waals surface area contributed by atoms with Crippen molar-refractivity contribution in [2.24, 2.45) is 5.92 Å². The molecule has 0 saturated carbocycles. The summed E-state index contributed by atoms with van der Waals surface area (Å²) in [6, 6.07) is 9.43. The number of aromatic nitrogens is 1. The Bertz CT molecular complexity index is 1180. The number of hydrogen-bond acceptors (Lipinski definition) is 7. The smallest absolute Gasteiger partial charge is 0.341 e. The van der Waals surface area contributed by atoms with Crippen molar-refractivity contribution in [1.29, 1.82) is 0 Å². The van der Waals surface area contributed by atoms with Crippen LogP contribution in [0, 0.1) is 5.92 Å². The van der Waals surface area contributed by atoms with Crippen LogP contribution in [0.15, 0.2) is 48.0 Å². The molecular formula is C25H26N2O5S. The van der Waals surface area contributed by atoms with E-state index in [4.69, 9.17) is 9.47 Å². The number of fused-ring (bicyclic) bond motifs is 1. The van der Waals surface area contributed by atoms with Crippen molar-refractivity contribution in [1.82, 2.24) is 4.98 Å². The summed E-state index contributed by atoms with van der Waals surface area (Å²) in [7, 11) is 0. The van der Waals surface area contributed by atoms with Gasteiger partial charge in [-0.2, -0.15) is 0 Å². The Morgan fingerprint density at radius 2 is 1.94 bits per heavy atom. The van der Waals surface area contributed by atoms with Crippen LogP contribution in [0.25, 0.3) is 17.0 Å². The van der Waals surface area contributed by atoms with E-state index in [0.29, 0.717) is 22.9 Å². The summed E-state index contributed by atoms with van der Waals surface area (Å²) >= 11 is 1.25. The summed E-state index contributed by atoms with van der Waals surface area (Å²) in [6.45, 7) is 5.58. The van der Waals surface area contributed by atoms with E-state index in [1.807, 2.05) is 49.6 Å². The van der Waals surface area contributed by atoms with Gasteiger partial charge in [-0.1, -0.05) is 38.1 Å². The van der Waals surface area contributed by atoms with Crippen LogP contribution in [0.3, 0.4) is 0 Å². The summed E-state index contributed by atoms with van der Waals surface area (Å²) in [6.07, 6.45) is 5.23. The molecule has 0 fully saturated rings. The normalized spacial score (nSPS) is 11.2. The number of pyridine rings is 1. The van der Waals surface area contributed by atoms with Gasteiger partial charge in [0.15, 0.2) is 6.61 Å². The fraction of sp³-hybridized carbons (Fsp3) is 0.280. The van der Waals surface area contributed by atoms with Crippen LogP contribution in [0.5, 0.6) is 0 Å². The Hall–Kier alpha value is -3.52. The quantitative estimate of drug-likeness (QED) is 0.357. The van der Waals surface area contributed by atoms with Crippen LogP contribution in [-0.2, 0) is 25.5 Å². The Morgan fingerprint density at radius 3 is 2.70 bits per heavy atom. The van der Waals surface area contributed by atoms with Crippen LogP contribution in [-0.4, -0.2) is 36.0 Å². The van der Waals surface area contributed by atoms with Gasteiger partial charge in [0.1, 0.15) is 5.00 Å². The largest absolute Gasteiger partial charge is 0.462 e. The van der Waals surface area contributed by atoms with Gasteiger partial charge in [0.25, 0.3) is 5.91 Å². The maximum atomic E-state index is 12.4. The lowest BCUT2D eigenvalue weighted by molar-refractivity contribution is -0.142. The molecule has 2 heterocycles. The number of carbonyl (C=O) groups excluding carboxylic acids is 3. The first-order valence-electron chi connectivity index (χ1n) is 10.6. The van der Waals surface area contributed by atoms with Crippen LogP contribution in [0.1, 0.15) is 42.3 Å². The summed E-state index contributed by atoms with van der Waals surface area (Å²) < 4.78 is 10.2. The third kappa shape index (κ3) is 6.49.